The van der Waals surface area contributed by atoms with E-state index in [4.69, 9.17) is 5.11 Å². The summed E-state index contributed by atoms with van der Waals surface area (Å²) in [5.74, 6) is 0.990. The molecule has 2 aliphatic rings. The van der Waals surface area contributed by atoms with E-state index in [1.807, 2.05) is 0 Å². The van der Waals surface area contributed by atoms with Crippen molar-refractivity contribution in [2.45, 2.75) is 58.8 Å². The zero-order chi connectivity index (χ0) is 17.1. The van der Waals surface area contributed by atoms with Crippen molar-refractivity contribution >= 4 is 0 Å². The first-order chi connectivity index (χ1) is 10.9. The monoisotopic (exact) mass is 322 g/mol. The fourth-order valence-corrected chi connectivity index (χ4v) is 5.51. The van der Waals surface area contributed by atoms with Crippen molar-refractivity contribution < 1.29 is 15.3 Å². The van der Waals surface area contributed by atoms with Gasteiger partial charge in [-0.25, -0.2) is 0 Å². The highest BCUT2D eigenvalue weighted by atomic mass is 16.3. The summed E-state index contributed by atoms with van der Waals surface area (Å²) < 4.78 is 0. The molecule has 2 aliphatic carbocycles. The maximum absolute atomic E-state index is 9.99. The van der Waals surface area contributed by atoms with E-state index >= 15 is 0 Å². The van der Waals surface area contributed by atoms with Crippen LogP contribution in [0.3, 0.4) is 0 Å². The van der Waals surface area contributed by atoms with E-state index in [0.717, 1.165) is 37.7 Å². The number of aliphatic hydroxyl groups excluding tert-OH is 3. The molecule has 0 aromatic carbocycles. The van der Waals surface area contributed by atoms with Crippen LogP contribution in [0.1, 0.15) is 58.8 Å². The zero-order valence-corrected chi connectivity index (χ0v) is 14.9. The van der Waals surface area contributed by atoms with Gasteiger partial charge in [0, 0.05) is 6.61 Å². The van der Waals surface area contributed by atoms with Crippen LogP contribution in [0.15, 0.2) is 23.8 Å². The molecule has 2 saturated carbocycles. The molecule has 0 aromatic rings. The van der Waals surface area contributed by atoms with Crippen LogP contribution < -0.4 is 0 Å². The Labute approximate surface area is 141 Å². The fourth-order valence-electron chi connectivity index (χ4n) is 5.51. The smallest absolute Gasteiger partial charge is 0.0642 e. The highest BCUT2D eigenvalue weighted by Crippen LogP contribution is 2.61. The first-order valence-electron chi connectivity index (χ1n) is 9.09. The molecule has 2 fully saturated rings. The number of aliphatic hydroxyl groups is 3. The molecule has 3 nitrogen and oxygen atoms in total. The standard InChI is InChI=1S/C20H34O3/c1-15-5-8-18-19(2,14-23)10-4-11-20(18,3)17(15)7-6-16(13-22)9-12-21/h9,17-18,21-23H,1,4-8,10-14H2,2-3H3/b16-9-/t17-,18-,19+,20+/m0/s1. The normalized spacial score (nSPS) is 38.5. The lowest BCUT2D eigenvalue weighted by Gasteiger charge is -2.58. The number of hydrogen-bond acceptors (Lipinski definition) is 3. The maximum atomic E-state index is 9.99. The highest BCUT2D eigenvalue weighted by Gasteiger charge is 2.53. The molecule has 0 bridgehead atoms. The molecule has 3 heteroatoms. The Morgan fingerprint density at radius 1 is 1.26 bits per heavy atom. The second-order valence-corrected chi connectivity index (χ2v) is 8.22. The lowest BCUT2D eigenvalue weighted by atomic mass is 9.47. The average molecular weight is 322 g/mol. The number of allylic oxidation sites excluding steroid dienone is 1. The summed E-state index contributed by atoms with van der Waals surface area (Å²) in [5, 5.41) is 28.5. The summed E-state index contributed by atoms with van der Waals surface area (Å²) >= 11 is 0. The van der Waals surface area contributed by atoms with Gasteiger partial charge in [-0.1, -0.05) is 38.5 Å². The molecule has 23 heavy (non-hydrogen) atoms. The molecule has 0 saturated heterocycles. The van der Waals surface area contributed by atoms with Gasteiger partial charge in [0.25, 0.3) is 0 Å². The fraction of sp³-hybridized carbons (Fsp3) is 0.800. The first-order valence-corrected chi connectivity index (χ1v) is 9.09. The molecule has 132 valence electrons. The Morgan fingerprint density at radius 2 is 2.00 bits per heavy atom. The van der Waals surface area contributed by atoms with Gasteiger partial charge in [-0.3, -0.25) is 0 Å². The minimum atomic E-state index is -0.00994. The predicted molar refractivity (Wildman–Crippen MR) is 94.0 cm³/mol. The van der Waals surface area contributed by atoms with Crippen molar-refractivity contribution in [2.75, 3.05) is 19.8 Å². The predicted octanol–water partition coefficient (Wildman–Crippen LogP) is 3.45. The van der Waals surface area contributed by atoms with Crippen LogP contribution in [0.5, 0.6) is 0 Å². The second kappa shape index (κ2) is 7.50. The summed E-state index contributed by atoms with van der Waals surface area (Å²) in [7, 11) is 0. The number of rotatable bonds is 6. The molecule has 0 aliphatic heterocycles. The molecule has 4 atom stereocenters. The third-order valence-corrected chi connectivity index (χ3v) is 6.84. The SMILES string of the molecule is C=C1CC[C@H]2[C@@](C)(CO)CCC[C@]2(C)[C@H]1CC/C(=C/CO)CO. The Hall–Kier alpha value is -0.640. The van der Waals surface area contributed by atoms with Crippen LogP contribution in [0.25, 0.3) is 0 Å². The van der Waals surface area contributed by atoms with Gasteiger partial charge >= 0.3 is 0 Å². The molecule has 0 unspecified atom stereocenters. The van der Waals surface area contributed by atoms with Crippen molar-refractivity contribution in [3.8, 4) is 0 Å². The van der Waals surface area contributed by atoms with Crippen LogP contribution in [0.2, 0.25) is 0 Å². The minimum absolute atomic E-state index is 0.00994. The Morgan fingerprint density at radius 3 is 2.61 bits per heavy atom. The molecule has 2 rings (SSSR count). The maximum Gasteiger partial charge on any atom is 0.0642 e. The third-order valence-electron chi connectivity index (χ3n) is 6.84. The van der Waals surface area contributed by atoms with E-state index in [1.54, 1.807) is 6.08 Å². The molecule has 0 amide bonds. The van der Waals surface area contributed by atoms with E-state index in [9.17, 15) is 10.2 Å². The molecule has 0 heterocycles. The van der Waals surface area contributed by atoms with Crippen molar-refractivity contribution in [1.82, 2.24) is 0 Å². The van der Waals surface area contributed by atoms with E-state index in [2.05, 4.69) is 20.4 Å². The minimum Gasteiger partial charge on any atom is -0.396 e. The van der Waals surface area contributed by atoms with Gasteiger partial charge in [0.2, 0.25) is 0 Å². The largest absolute Gasteiger partial charge is 0.396 e. The topological polar surface area (TPSA) is 60.7 Å². The zero-order valence-electron chi connectivity index (χ0n) is 14.9. The Bertz CT molecular complexity index is 456. The lowest BCUT2D eigenvalue weighted by molar-refractivity contribution is -0.0859. The summed E-state index contributed by atoms with van der Waals surface area (Å²) in [4.78, 5) is 0. The Balaban J connectivity index is 2.20. The van der Waals surface area contributed by atoms with Gasteiger partial charge in [0.15, 0.2) is 0 Å². The van der Waals surface area contributed by atoms with Crippen molar-refractivity contribution in [3.63, 3.8) is 0 Å². The number of fused-ring (bicyclic) bond motifs is 1. The molecular weight excluding hydrogens is 288 g/mol. The lowest BCUT2D eigenvalue weighted by Crippen LogP contribution is -2.51. The van der Waals surface area contributed by atoms with Gasteiger partial charge in [0.05, 0.1) is 13.2 Å². The first kappa shape index (κ1) is 18.7. The van der Waals surface area contributed by atoms with Crippen LogP contribution in [0.4, 0.5) is 0 Å². The van der Waals surface area contributed by atoms with Gasteiger partial charge in [-0.2, -0.15) is 0 Å². The molecular formula is C20H34O3. The van der Waals surface area contributed by atoms with E-state index in [0.29, 0.717) is 11.8 Å². The third kappa shape index (κ3) is 3.57. The molecule has 3 N–H and O–H groups in total. The molecule has 0 radical (unpaired) electrons. The van der Waals surface area contributed by atoms with Crippen LogP contribution >= 0.6 is 0 Å². The molecule has 0 spiro atoms. The van der Waals surface area contributed by atoms with E-state index in [1.165, 1.54) is 18.4 Å². The summed E-state index contributed by atoms with van der Waals surface area (Å²) in [6, 6.07) is 0. The number of hydrogen-bond donors (Lipinski definition) is 3. The van der Waals surface area contributed by atoms with Crippen LogP contribution in [-0.2, 0) is 0 Å². The van der Waals surface area contributed by atoms with Gasteiger partial charge < -0.3 is 15.3 Å². The van der Waals surface area contributed by atoms with E-state index in [-0.39, 0.29) is 30.7 Å². The van der Waals surface area contributed by atoms with Gasteiger partial charge in [-0.15, -0.1) is 0 Å². The van der Waals surface area contributed by atoms with Gasteiger partial charge in [-0.05, 0) is 66.8 Å². The van der Waals surface area contributed by atoms with Crippen LogP contribution in [0, 0.1) is 22.7 Å². The second-order valence-electron chi connectivity index (χ2n) is 8.22. The average Bonchev–Trinajstić information content (AvgIpc) is 2.52. The Kier molecular flexibility index (Phi) is 6.10. The summed E-state index contributed by atoms with van der Waals surface area (Å²) in [5.41, 5.74) is 2.50. The summed E-state index contributed by atoms with van der Waals surface area (Å²) in [6.45, 7) is 9.30. The van der Waals surface area contributed by atoms with Gasteiger partial charge in [0.1, 0.15) is 0 Å². The highest BCUT2D eigenvalue weighted by molar-refractivity contribution is 5.17. The van der Waals surface area contributed by atoms with Crippen molar-refractivity contribution in [3.05, 3.63) is 23.8 Å². The quantitative estimate of drug-likeness (QED) is 0.656. The van der Waals surface area contributed by atoms with Crippen LogP contribution in [-0.4, -0.2) is 35.1 Å². The molecule has 0 aromatic heterocycles. The van der Waals surface area contributed by atoms with E-state index < -0.39 is 0 Å². The van der Waals surface area contributed by atoms with Crippen molar-refractivity contribution in [2.24, 2.45) is 22.7 Å². The summed E-state index contributed by atoms with van der Waals surface area (Å²) in [6.07, 6.45) is 9.22. The van der Waals surface area contributed by atoms with Crippen molar-refractivity contribution in [1.29, 1.82) is 0 Å².